The first kappa shape index (κ1) is 44.5. The molecule has 0 aromatic heterocycles. The van der Waals surface area contributed by atoms with Gasteiger partial charge in [0.2, 0.25) is 0 Å². The zero-order valence-corrected chi connectivity index (χ0v) is 39.4. The van der Waals surface area contributed by atoms with Gasteiger partial charge in [0, 0.05) is 17.4 Å². The summed E-state index contributed by atoms with van der Waals surface area (Å²) in [6.45, 7) is 9.25. The van der Waals surface area contributed by atoms with Crippen LogP contribution in [0.1, 0.15) is 122 Å². The van der Waals surface area contributed by atoms with Crippen molar-refractivity contribution in [3.63, 3.8) is 0 Å². The van der Waals surface area contributed by atoms with Crippen molar-refractivity contribution in [2.45, 2.75) is 126 Å². The fourth-order valence-electron chi connectivity index (χ4n) is 5.33. The molecule has 0 N–H and O–H groups in total. The van der Waals surface area contributed by atoms with Gasteiger partial charge in [-0.3, -0.25) is 0 Å². The summed E-state index contributed by atoms with van der Waals surface area (Å²) in [4.78, 5) is 0.354. The van der Waals surface area contributed by atoms with Crippen LogP contribution in [0, 0.1) is 0 Å². The van der Waals surface area contributed by atoms with E-state index in [1.54, 1.807) is 0 Å². The average Bonchev–Trinajstić information content (AvgIpc) is 3.03. The SMILES string of the molecule is CCCCCCCCCCCCCCCCOCC(Br)COc1c(Br)cc(C(C)(C)c2cc(Br)c(OCC(Br)CBr)c(Br)c2)cc1Br. The molecule has 47 heavy (non-hydrogen) atoms. The molecule has 0 radical (unpaired) electrons. The number of ether oxygens (including phenoxy) is 3. The molecule has 0 aliphatic heterocycles. The molecule has 268 valence electrons. The van der Waals surface area contributed by atoms with E-state index in [2.05, 4.69) is 157 Å². The van der Waals surface area contributed by atoms with Crippen LogP contribution in [0.2, 0.25) is 0 Å². The zero-order chi connectivity index (χ0) is 34.7. The van der Waals surface area contributed by atoms with E-state index in [9.17, 15) is 0 Å². The molecule has 0 aliphatic carbocycles. The lowest BCUT2D eigenvalue weighted by Gasteiger charge is -2.28. The third kappa shape index (κ3) is 17.2. The number of unbranched alkanes of at least 4 members (excludes halogenated alkanes) is 13. The lowest BCUT2D eigenvalue weighted by atomic mass is 9.78. The van der Waals surface area contributed by atoms with E-state index < -0.39 is 0 Å². The first-order valence-corrected chi connectivity index (χ1v) is 23.3. The summed E-state index contributed by atoms with van der Waals surface area (Å²) in [5.41, 5.74) is 2.03. The van der Waals surface area contributed by atoms with Crippen molar-refractivity contribution in [1.82, 2.24) is 0 Å². The summed E-state index contributed by atoms with van der Waals surface area (Å²) in [6, 6.07) is 8.57. The van der Waals surface area contributed by atoms with Gasteiger partial charge in [-0.2, -0.15) is 0 Å². The molecule has 0 spiro atoms. The molecule has 2 unspecified atom stereocenters. The second-order valence-corrected chi connectivity index (χ2v) is 19.5. The lowest BCUT2D eigenvalue weighted by molar-refractivity contribution is 0.121. The Bertz CT molecular complexity index is 1110. The van der Waals surface area contributed by atoms with Crippen LogP contribution in [-0.2, 0) is 10.2 Å². The van der Waals surface area contributed by atoms with Crippen molar-refractivity contribution in [2.24, 2.45) is 0 Å². The van der Waals surface area contributed by atoms with Crippen LogP contribution in [0.25, 0.3) is 0 Å². The second-order valence-electron chi connectivity index (χ2n) is 12.8. The van der Waals surface area contributed by atoms with Crippen molar-refractivity contribution >= 4 is 112 Å². The molecule has 3 nitrogen and oxygen atoms in total. The van der Waals surface area contributed by atoms with E-state index in [0.717, 1.165) is 58.9 Å². The van der Waals surface area contributed by atoms with Gasteiger partial charge in [-0.25, -0.2) is 0 Å². The molecule has 0 aliphatic rings. The van der Waals surface area contributed by atoms with Gasteiger partial charge in [-0.05, 0) is 106 Å². The fraction of sp³-hybridized carbons (Fsp3) is 0.676. The number of benzene rings is 2. The first-order valence-electron chi connectivity index (χ1n) is 17.2. The van der Waals surface area contributed by atoms with E-state index in [1.165, 1.54) is 83.5 Å². The molecule has 10 heteroatoms. The number of hydrogen-bond acceptors (Lipinski definition) is 3. The lowest BCUT2D eigenvalue weighted by Crippen LogP contribution is -2.20. The highest BCUT2D eigenvalue weighted by Crippen LogP contribution is 2.44. The van der Waals surface area contributed by atoms with Crippen LogP contribution in [-0.4, -0.2) is 41.4 Å². The Kier molecular flexibility index (Phi) is 24.0. The zero-order valence-electron chi connectivity index (χ0n) is 28.3. The van der Waals surface area contributed by atoms with Crippen molar-refractivity contribution in [2.75, 3.05) is 31.8 Å². The van der Waals surface area contributed by atoms with Gasteiger partial charge >= 0.3 is 0 Å². The Balaban J connectivity index is 1.71. The van der Waals surface area contributed by atoms with Crippen LogP contribution in [0.4, 0.5) is 0 Å². The Labute approximate surface area is 344 Å². The van der Waals surface area contributed by atoms with Gasteiger partial charge < -0.3 is 14.2 Å². The summed E-state index contributed by atoms with van der Waals surface area (Å²) < 4.78 is 21.9. The first-order chi connectivity index (χ1) is 22.5. The number of alkyl halides is 3. The van der Waals surface area contributed by atoms with Gasteiger partial charge in [0.1, 0.15) is 24.7 Å². The predicted molar refractivity (Wildman–Crippen MR) is 227 cm³/mol. The van der Waals surface area contributed by atoms with Crippen LogP contribution >= 0.6 is 112 Å². The van der Waals surface area contributed by atoms with Crippen molar-refractivity contribution in [3.8, 4) is 11.5 Å². The monoisotopic (exact) mass is 1100 g/mol. The smallest absolute Gasteiger partial charge is 0.147 e. The number of rotatable bonds is 26. The molecule has 2 rings (SSSR count). The Morgan fingerprint density at radius 1 is 0.553 bits per heavy atom. The highest BCUT2D eigenvalue weighted by atomic mass is 79.9. The molecular formula is C37H53Br7O3. The van der Waals surface area contributed by atoms with Crippen LogP contribution in [0.15, 0.2) is 42.2 Å². The van der Waals surface area contributed by atoms with Gasteiger partial charge in [-0.1, -0.05) is 152 Å². The molecule has 2 aromatic carbocycles. The van der Waals surface area contributed by atoms with Gasteiger partial charge in [0.15, 0.2) is 0 Å². The van der Waals surface area contributed by atoms with Gasteiger partial charge in [0.25, 0.3) is 0 Å². The van der Waals surface area contributed by atoms with Crippen molar-refractivity contribution in [1.29, 1.82) is 0 Å². The van der Waals surface area contributed by atoms with Crippen molar-refractivity contribution < 1.29 is 14.2 Å². The Morgan fingerprint density at radius 2 is 0.915 bits per heavy atom. The molecule has 0 heterocycles. The topological polar surface area (TPSA) is 27.7 Å². The third-order valence-electron chi connectivity index (χ3n) is 8.37. The summed E-state index contributed by atoms with van der Waals surface area (Å²) >= 11 is 25.8. The summed E-state index contributed by atoms with van der Waals surface area (Å²) in [5.74, 6) is 1.59. The largest absolute Gasteiger partial charge is 0.490 e. The van der Waals surface area contributed by atoms with Crippen LogP contribution in [0.5, 0.6) is 11.5 Å². The third-order valence-corrected chi connectivity index (χ3v) is 13.5. The summed E-state index contributed by atoms with van der Waals surface area (Å²) in [6.07, 6.45) is 19.2. The van der Waals surface area contributed by atoms with E-state index >= 15 is 0 Å². The highest BCUT2D eigenvalue weighted by molar-refractivity contribution is 9.12. The Morgan fingerprint density at radius 3 is 1.30 bits per heavy atom. The molecule has 0 bridgehead atoms. The standard InChI is InChI=1S/C37H53Br7O3/c1-4-5-6-7-8-9-10-11-12-13-14-15-16-17-18-45-24-30(40)26-47-36-33(43)21-28(22-34(36)44)37(2,3)27-19-31(41)35(32(42)20-27)46-25-29(39)23-38/h19-22,29-30H,4-18,23-26H2,1-3H3. The van der Waals surface area contributed by atoms with E-state index in [0.29, 0.717) is 19.8 Å². The van der Waals surface area contributed by atoms with Crippen LogP contribution in [0.3, 0.4) is 0 Å². The molecule has 0 saturated carbocycles. The molecule has 0 amide bonds. The quantitative estimate of drug-likeness (QED) is 0.0694. The minimum atomic E-state index is -0.278. The maximum absolute atomic E-state index is 6.23. The van der Waals surface area contributed by atoms with E-state index in [4.69, 9.17) is 14.2 Å². The minimum Gasteiger partial charge on any atom is -0.490 e. The molecule has 2 aromatic rings. The normalized spacial score (nSPS) is 13.1. The Hall–Kier alpha value is 1.36. The fourth-order valence-corrected chi connectivity index (χ4v) is 8.80. The number of halogens is 7. The molecule has 0 fully saturated rings. The van der Waals surface area contributed by atoms with Crippen molar-refractivity contribution in [3.05, 3.63) is 53.3 Å². The van der Waals surface area contributed by atoms with Gasteiger partial charge in [-0.15, -0.1) is 0 Å². The maximum Gasteiger partial charge on any atom is 0.147 e. The highest BCUT2D eigenvalue weighted by Gasteiger charge is 2.27. The predicted octanol–water partition coefficient (Wildman–Crippen LogP) is 15.2. The molecule has 2 atom stereocenters. The summed E-state index contributed by atoms with van der Waals surface area (Å²) in [5, 5.41) is 0.820. The van der Waals surface area contributed by atoms with E-state index in [1.807, 2.05) is 0 Å². The minimum absolute atomic E-state index is 0.119. The second kappa shape index (κ2) is 25.4. The van der Waals surface area contributed by atoms with Crippen LogP contribution < -0.4 is 9.47 Å². The number of hydrogen-bond donors (Lipinski definition) is 0. The summed E-state index contributed by atoms with van der Waals surface area (Å²) in [7, 11) is 0. The molecule has 0 saturated heterocycles. The molecular weight excluding hydrogens is 1050 g/mol. The van der Waals surface area contributed by atoms with Gasteiger partial charge in [0.05, 0.1) is 34.2 Å². The van der Waals surface area contributed by atoms with E-state index in [-0.39, 0.29) is 15.1 Å². The average molecular weight is 1110 g/mol. The maximum atomic E-state index is 6.23.